The van der Waals surface area contributed by atoms with Crippen molar-refractivity contribution in [1.82, 2.24) is 10.2 Å². The Labute approximate surface area is 146 Å². The van der Waals surface area contributed by atoms with E-state index >= 15 is 0 Å². The molecule has 0 aliphatic heterocycles. The molecule has 0 amide bonds. The van der Waals surface area contributed by atoms with E-state index in [4.69, 9.17) is 5.73 Å². The van der Waals surface area contributed by atoms with E-state index in [1.807, 2.05) is 0 Å². The van der Waals surface area contributed by atoms with Crippen LogP contribution in [0.25, 0.3) is 0 Å². The van der Waals surface area contributed by atoms with Crippen molar-refractivity contribution in [2.24, 2.45) is 10.7 Å². The number of nitrogens with two attached hydrogens (primary N) is 1. The fourth-order valence-electron chi connectivity index (χ4n) is 2.02. The molecular formula is C16H29IN4. The average molecular weight is 404 g/mol. The zero-order valence-electron chi connectivity index (χ0n) is 13.4. The molecular weight excluding hydrogens is 375 g/mol. The van der Waals surface area contributed by atoms with Crippen LogP contribution in [0.4, 0.5) is 0 Å². The second kappa shape index (κ2) is 11.8. The molecule has 4 nitrogen and oxygen atoms in total. The van der Waals surface area contributed by atoms with E-state index in [0.717, 1.165) is 32.6 Å². The van der Waals surface area contributed by atoms with Gasteiger partial charge in [-0.2, -0.15) is 0 Å². The topological polar surface area (TPSA) is 53.6 Å². The number of rotatable bonds is 8. The third-order valence-corrected chi connectivity index (χ3v) is 3.28. The van der Waals surface area contributed by atoms with Crippen LogP contribution < -0.4 is 11.1 Å². The summed E-state index contributed by atoms with van der Waals surface area (Å²) in [5.41, 5.74) is 8.34. The molecule has 5 heteroatoms. The monoisotopic (exact) mass is 404 g/mol. The third kappa shape index (κ3) is 8.26. The Morgan fingerprint density at radius 1 is 1.19 bits per heavy atom. The lowest BCUT2D eigenvalue weighted by Crippen LogP contribution is -2.32. The maximum absolute atomic E-state index is 5.80. The average Bonchev–Trinajstić information content (AvgIpc) is 2.49. The molecule has 120 valence electrons. The lowest BCUT2D eigenvalue weighted by molar-refractivity contribution is 0.296. The lowest BCUT2D eigenvalue weighted by Gasteiger charge is -2.18. The molecule has 3 N–H and O–H groups in total. The molecule has 0 aromatic heterocycles. The van der Waals surface area contributed by atoms with Crippen LogP contribution in [0.3, 0.4) is 0 Å². The second-order valence-corrected chi connectivity index (χ2v) is 4.91. The quantitative estimate of drug-likeness (QED) is 0.398. The van der Waals surface area contributed by atoms with Crippen LogP contribution in [0.1, 0.15) is 38.3 Å². The van der Waals surface area contributed by atoms with Gasteiger partial charge >= 0.3 is 0 Å². The molecule has 0 heterocycles. The number of nitrogens with zero attached hydrogens (tertiary/aromatic N) is 2. The predicted molar refractivity (Wildman–Crippen MR) is 102 cm³/mol. The molecule has 1 aromatic carbocycles. The number of nitrogens with one attached hydrogen (secondary N) is 1. The van der Waals surface area contributed by atoms with Gasteiger partial charge in [0.1, 0.15) is 0 Å². The highest BCUT2D eigenvalue weighted by atomic mass is 127. The smallest absolute Gasteiger partial charge is 0.188 e. The van der Waals surface area contributed by atoms with E-state index in [2.05, 4.69) is 60.2 Å². The van der Waals surface area contributed by atoms with Crippen LogP contribution in [0.15, 0.2) is 29.3 Å². The number of halogens is 1. The highest BCUT2D eigenvalue weighted by Crippen LogP contribution is 2.09. The molecule has 0 bridgehead atoms. The highest BCUT2D eigenvalue weighted by molar-refractivity contribution is 14.0. The Bertz CT molecular complexity index is 416. The number of aliphatic imine (C=N–C) groups is 1. The van der Waals surface area contributed by atoms with Crippen molar-refractivity contribution in [2.75, 3.05) is 19.6 Å². The Kier molecular flexibility index (Phi) is 11.3. The standard InChI is InChI=1S/C16H28N4.HI/c1-4-10-18-16(17)19-12-14-8-7-9-15(11-14)13-20(5-2)6-3;/h7-9,11H,4-6,10,12-13H2,1-3H3,(H3,17,18,19);1H. The zero-order valence-corrected chi connectivity index (χ0v) is 15.8. The normalized spacial score (nSPS) is 11.3. The van der Waals surface area contributed by atoms with Crippen molar-refractivity contribution in [3.8, 4) is 0 Å². The summed E-state index contributed by atoms with van der Waals surface area (Å²) in [6.07, 6.45) is 1.05. The van der Waals surface area contributed by atoms with E-state index in [9.17, 15) is 0 Å². The Morgan fingerprint density at radius 3 is 2.48 bits per heavy atom. The van der Waals surface area contributed by atoms with Gasteiger partial charge in [0.25, 0.3) is 0 Å². The van der Waals surface area contributed by atoms with Crippen LogP contribution in [0.5, 0.6) is 0 Å². The van der Waals surface area contributed by atoms with E-state index in [1.165, 1.54) is 11.1 Å². The van der Waals surface area contributed by atoms with Crippen molar-refractivity contribution in [1.29, 1.82) is 0 Å². The van der Waals surface area contributed by atoms with Gasteiger partial charge in [0, 0.05) is 13.1 Å². The van der Waals surface area contributed by atoms with E-state index in [1.54, 1.807) is 0 Å². The first-order valence-corrected chi connectivity index (χ1v) is 7.53. The maximum Gasteiger partial charge on any atom is 0.188 e. The maximum atomic E-state index is 5.80. The summed E-state index contributed by atoms with van der Waals surface area (Å²) in [5.74, 6) is 0.529. The molecule has 1 rings (SSSR count). The fraction of sp³-hybridized carbons (Fsp3) is 0.562. The van der Waals surface area contributed by atoms with Crippen molar-refractivity contribution >= 4 is 29.9 Å². The van der Waals surface area contributed by atoms with Gasteiger partial charge in [-0.25, -0.2) is 4.99 Å². The molecule has 0 saturated heterocycles. The summed E-state index contributed by atoms with van der Waals surface area (Å²) in [6.45, 7) is 11.1. The Balaban J connectivity index is 0.00000400. The second-order valence-electron chi connectivity index (χ2n) is 4.91. The van der Waals surface area contributed by atoms with Crippen molar-refractivity contribution < 1.29 is 0 Å². The minimum absolute atomic E-state index is 0. The number of hydrogen-bond acceptors (Lipinski definition) is 2. The minimum atomic E-state index is 0. The summed E-state index contributed by atoms with van der Waals surface area (Å²) in [4.78, 5) is 6.76. The first-order chi connectivity index (χ1) is 9.69. The van der Waals surface area contributed by atoms with E-state index in [0.29, 0.717) is 12.5 Å². The molecule has 0 spiro atoms. The largest absolute Gasteiger partial charge is 0.370 e. The predicted octanol–water partition coefficient (Wildman–Crippen LogP) is 2.96. The molecule has 0 radical (unpaired) electrons. The van der Waals surface area contributed by atoms with Crippen LogP contribution in [-0.2, 0) is 13.1 Å². The fourth-order valence-corrected chi connectivity index (χ4v) is 2.02. The van der Waals surface area contributed by atoms with Gasteiger partial charge in [-0.3, -0.25) is 4.90 Å². The summed E-state index contributed by atoms with van der Waals surface area (Å²) in [6, 6.07) is 8.58. The molecule has 21 heavy (non-hydrogen) atoms. The van der Waals surface area contributed by atoms with E-state index < -0.39 is 0 Å². The molecule has 0 aliphatic carbocycles. The molecule has 0 aliphatic rings. The van der Waals surface area contributed by atoms with Gasteiger partial charge in [-0.1, -0.05) is 45.0 Å². The van der Waals surface area contributed by atoms with Crippen molar-refractivity contribution in [3.05, 3.63) is 35.4 Å². The number of guanidine groups is 1. The van der Waals surface area contributed by atoms with Gasteiger partial charge in [0.05, 0.1) is 6.54 Å². The van der Waals surface area contributed by atoms with Gasteiger partial charge in [0.15, 0.2) is 5.96 Å². The van der Waals surface area contributed by atoms with Crippen LogP contribution in [0, 0.1) is 0 Å². The van der Waals surface area contributed by atoms with Gasteiger partial charge in [-0.05, 0) is 30.6 Å². The highest BCUT2D eigenvalue weighted by Gasteiger charge is 2.02. The lowest BCUT2D eigenvalue weighted by atomic mass is 10.1. The van der Waals surface area contributed by atoms with Gasteiger partial charge < -0.3 is 11.1 Å². The first-order valence-electron chi connectivity index (χ1n) is 7.53. The molecule has 0 fully saturated rings. The number of hydrogen-bond donors (Lipinski definition) is 2. The SMILES string of the molecule is CCCNC(N)=NCc1cccc(CN(CC)CC)c1.I. The molecule has 0 unspecified atom stereocenters. The van der Waals surface area contributed by atoms with Crippen LogP contribution >= 0.6 is 24.0 Å². The van der Waals surface area contributed by atoms with Gasteiger partial charge in [-0.15, -0.1) is 24.0 Å². The minimum Gasteiger partial charge on any atom is -0.370 e. The Hall–Kier alpha value is -0.820. The van der Waals surface area contributed by atoms with E-state index in [-0.39, 0.29) is 24.0 Å². The van der Waals surface area contributed by atoms with Crippen LogP contribution in [-0.4, -0.2) is 30.5 Å². The summed E-state index contributed by atoms with van der Waals surface area (Å²) >= 11 is 0. The van der Waals surface area contributed by atoms with Crippen LogP contribution in [0.2, 0.25) is 0 Å². The summed E-state index contributed by atoms with van der Waals surface area (Å²) < 4.78 is 0. The summed E-state index contributed by atoms with van der Waals surface area (Å²) in [5, 5.41) is 3.09. The molecule has 0 saturated carbocycles. The zero-order chi connectivity index (χ0) is 14.8. The van der Waals surface area contributed by atoms with Crippen molar-refractivity contribution in [3.63, 3.8) is 0 Å². The van der Waals surface area contributed by atoms with Crippen molar-refractivity contribution in [2.45, 2.75) is 40.3 Å². The Morgan fingerprint density at radius 2 is 1.86 bits per heavy atom. The first kappa shape index (κ1) is 20.2. The summed E-state index contributed by atoms with van der Waals surface area (Å²) in [7, 11) is 0. The van der Waals surface area contributed by atoms with Gasteiger partial charge in [0.2, 0.25) is 0 Å². The third-order valence-electron chi connectivity index (χ3n) is 3.28. The molecule has 0 atom stereocenters. The molecule has 1 aromatic rings. The number of benzene rings is 1.